The van der Waals surface area contributed by atoms with E-state index in [9.17, 15) is 0 Å². The predicted octanol–water partition coefficient (Wildman–Crippen LogP) is 2.23. The van der Waals surface area contributed by atoms with Gasteiger partial charge in [0.2, 0.25) is 0 Å². The highest BCUT2D eigenvalue weighted by molar-refractivity contribution is 5.95. The van der Waals surface area contributed by atoms with Gasteiger partial charge in [-0.3, -0.25) is 4.99 Å². The third-order valence-electron chi connectivity index (χ3n) is 2.00. The molecule has 1 fully saturated rings. The molecule has 1 aliphatic carbocycles. The zero-order valence-corrected chi connectivity index (χ0v) is 7.59. The summed E-state index contributed by atoms with van der Waals surface area (Å²) in [5.74, 6) is 0.631. The SMILES string of the molecule is C=CN=C(/C=C(\N)C1CC1)CC. The van der Waals surface area contributed by atoms with Crippen molar-refractivity contribution in [2.75, 3.05) is 0 Å². The van der Waals surface area contributed by atoms with Gasteiger partial charge < -0.3 is 5.73 Å². The number of aliphatic imine (C=N–C) groups is 1. The molecule has 1 saturated carbocycles. The summed E-state index contributed by atoms with van der Waals surface area (Å²) in [5.41, 5.74) is 7.84. The Morgan fingerprint density at radius 3 is 2.75 bits per heavy atom. The standard InChI is InChI=1S/C10H16N2/c1-3-9(12-4-2)7-10(11)8-5-6-8/h4,7-8H,2-3,5-6,11H2,1H3/b10-7-,12-9?. The lowest BCUT2D eigenvalue weighted by atomic mass is 10.2. The largest absolute Gasteiger partial charge is 0.402 e. The zero-order valence-electron chi connectivity index (χ0n) is 7.59. The molecule has 0 bridgehead atoms. The molecule has 0 radical (unpaired) electrons. The maximum atomic E-state index is 5.83. The Labute approximate surface area is 73.9 Å². The first-order valence-electron chi connectivity index (χ1n) is 4.42. The highest BCUT2D eigenvalue weighted by atomic mass is 14.7. The van der Waals surface area contributed by atoms with Gasteiger partial charge in [-0.05, 0) is 31.3 Å². The summed E-state index contributed by atoms with van der Waals surface area (Å²) in [6, 6.07) is 0. The van der Waals surface area contributed by atoms with E-state index in [-0.39, 0.29) is 0 Å². The molecular weight excluding hydrogens is 148 g/mol. The highest BCUT2D eigenvalue weighted by Gasteiger charge is 2.23. The minimum atomic E-state index is 0.631. The summed E-state index contributed by atoms with van der Waals surface area (Å²) in [4.78, 5) is 4.12. The topological polar surface area (TPSA) is 38.4 Å². The molecule has 0 aliphatic heterocycles. The van der Waals surface area contributed by atoms with Gasteiger partial charge in [-0.15, -0.1) is 0 Å². The Morgan fingerprint density at radius 2 is 2.33 bits per heavy atom. The van der Waals surface area contributed by atoms with Crippen molar-refractivity contribution in [3.05, 3.63) is 24.6 Å². The summed E-state index contributed by atoms with van der Waals surface area (Å²) in [6.45, 7) is 5.63. The smallest absolute Gasteiger partial charge is 0.0417 e. The minimum Gasteiger partial charge on any atom is -0.402 e. The number of allylic oxidation sites excluding steroid dienone is 2. The van der Waals surface area contributed by atoms with Crippen molar-refractivity contribution >= 4 is 5.71 Å². The van der Waals surface area contributed by atoms with Crippen LogP contribution >= 0.6 is 0 Å². The summed E-state index contributed by atoms with van der Waals surface area (Å²) >= 11 is 0. The molecule has 2 N–H and O–H groups in total. The van der Waals surface area contributed by atoms with E-state index < -0.39 is 0 Å². The Hall–Kier alpha value is -1.05. The Kier molecular flexibility index (Phi) is 3.09. The van der Waals surface area contributed by atoms with Crippen molar-refractivity contribution in [3.8, 4) is 0 Å². The van der Waals surface area contributed by atoms with Crippen LogP contribution in [0.15, 0.2) is 29.5 Å². The van der Waals surface area contributed by atoms with Crippen LogP contribution in [0.4, 0.5) is 0 Å². The quantitative estimate of drug-likeness (QED) is 0.636. The zero-order chi connectivity index (χ0) is 8.97. The van der Waals surface area contributed by atoms with Crippen LogP contribution in [0, 0.1) is 5.92 Å². The molecule has 0 aromatic carbocycles. The molecule has 12 heavy (non-hydrogen) atoms. The first kappa shape index (κ1) is 9.04. The Bertz CT molecular complexity index is 222. The molecular formula is C10H16N2. The van der Waals surface area contributed by atoms with Crippen molar-refractivity contribution in [1.82, 2.24) is 0 Å². The van der Waals surface area contributed by atoms with Crippen LogP contribution in [-0.2, 0) is 0 Å². The van der Waals surface area contributed by atoms with E-state index in [1.54, 1.807) is 6.20 Å². The third-order valence-corrected chi connectivity index (χ3v) is 2.00. The Balaban J connectivity index is 2.60. The van der Waals surface area contributed by atoms with Gasteiger partial charge in [0, 0.05) is 17.6 Å². The molecule has 0 atom stereocenters. The van der Waals surface area contributed by atoms with E-state index in [1.165, 1.54) is 12.8 Å². The molecule has 0 unspecified atom stereocenters. The van der Waals surface area contributed by atoms with E-state index in [2.05, 4.69) is 18.5 Å². The first-order chi connectivity index (χ1) is 5.77. The molecule has 1 aliphatic rings. The highest BCUT2D eigenvalue weighted by Crippen LogP contribution is 2.33. The van der Waals surface area contributed by atoms with Gasteiger partial charge in [-0.25, -0.2) is 0 Å². The summed E-state index contributed by atoms with van der Waals surface area (Å²) < 4.78 is 0. The normalized spacial score (nSPS) is 19.4. The van der Waals surface area contributed by atoms with Gasteiger partial charge in [0.15, 0.2) is 0 Å². The maximum absolute atomic E-state index is 5.83. The van der Waals surface area contributed by atoms with Crippen molar-refractivity contribution in [1.29, 1.82) is 0 Å². The molecule has 0 spiro atoms. The van der Waals surface area contributed by atoms with Crippen LogP contribution in [0.25, 0.3) is 0 Å². The predicted molar refractivity (Wildman–Crippen MR) is 52.9 cm³/mol. The van der Waals surface area contributed by atoms with Crippen LogP contribution in [-0.4, -0.2) is 5.71 Å². The fraction of sp³-hybridized carbons (Fsp3) is 0.500. The van der Waals surface area contributed by atoms with Crippen molar-refractivity contribution in [3.63, 3.8) is 0 Å². The monoisotopic (exact) mass is 164 g/mol. The molecule has 0 saturated heterocycles. The summed E-state index contributed by atoms with van der Waals surface area (Å²) in [6.07, 6.45) is 6.95. The second kappa shape index (κ2) is 4.10. The Morgan fingerprint density at radius 1 is 1.67 bits per heavy atom. The summed E-state index contributed by atoms with van der Waals surface area (Å²) in [7, 11) is 0. The minimum absolute atomic E-state index is 0.631. The summed E-state index contributed by atoms with van der Waals surface area (Å²) in [5, 5.41) is 0. The van der Waals surface area contributed by atoms with Crippen LogP contribution in [0.3, 0.4) is 0 Å². The fourth-order valence-corrected chi connectivity index (χ4v) is 1.07. The van der Waals surface area contributed by atoms with Crippen LogP contribution in [0.5, 0.6) is 0 Å². The van der Waals surface area contributed by atoms with E-state index >= 15 is 0 Å². The number of hydrogen-bond donors (Lipinski definition) is 1. The van der Waals surface area contributed by atoms with E-state index in [0.717, 1.165) is 17.8 Å². The first-order valence-corrected chi connectivity index (χ1v) is 4.42. The number of nitrogens with two attached hydrogens (primary N) is 1. The van der Waals surface area contributed by atoms with E-state index in [0.29, 0.717) is 5.92 Å². The molecule has 66 valence electrons. The van der Waals surface area contributed by atoms with E-state index in [4.69, 9.17) is 5.73 Å². The average molecular weight is 164 g/mol. The maximum Gasteiger partial charge on any atom is 0.0417 e. The molecule has 1 rings (SSSR count). The van der Waals surface area contributed by atoms with Gasteiger partial charge in [0.1, 0.15) is 0 Å². The average Bonchev–Trinajstić information content (AvgIpc) is 2.85. The van der Waals surface area contributed by atoms with Crippen LogP contribution in [0.1, 0.15) is 26.2 Å². The number of hydrogen-bond acceptors (Lipinski definition) is 2. The molecule has 2 heteroatoms. The lowest BCUT2D eigenvalue weighted by Crippen LogP contribution is -2.03. The van der Waals surface area contributed by atoms with Gasteiger partial charge in [-0.2, -0.15) is 0 Å². The van der Waals surface area contributed by atoms with Gasteiger partial charge in [-0.1, -0.05) is 13.5 Å². The number of rotatable bonds is 4. The van der Waals surface area contributed by atoms with Gasteiger partial charge in [0.05, 0.1) is 0 Å². The second-order valence-electron chi connectivity index (χ2n) is 3.08. The van der Waals surface area contributed by atoms with Crippen molar-refractivity contribution in [2.45, 2.75) is 26.2 Å². The molecule has 0 heterocycles. The van der Waals surface area contributed by atoms with Crippen molar-refractivity contribution in [2.24, 2.45) is 16.6 Å². The lowest BCUT2D eigenvalue weighted by Gasteiger charge is -1.98. The molecule has 0 aromatic rings. The third kappa shape index (κ3) is 2.53. The van der Waals surface area contributed by atoms with E-state index in [1.807, 2.05) is 6.08 Å². The van der Waals surface area contributed by atoms with Gasteiger partial charge in [0.25, 0.3) is 0 Å². The second-order valence-corrected chi connectivity index (χ2v) is 3.08. The van der Waals surface area contributed by atoms with Gasteiger partial charge >= 0.3 is 0 Å². The molecule has 0 aromatic heterocycles. The fourth-order valence-electron chi connectivity index (χ4n) is 1.07. The molecule has 0 amide bonds. The van der Waals surface area contributed by atoms with Crippen molar-refractivity contribution < 1.29 is 0 Å². The number of nitrogens with zero attached hydrogens (tertiary/aromatic N) is 1. The molecule has 2 nitrogen and oxygen atoms in total. The van der Waals surface area contributed by atoms with Crippen LogP contribution < -0.4 is 5.73 Å². The lowest BCUT2D eigenvalue weighted by molar-refractivity contribution is 0.981. The van der Waals surface area contributed by atoms with Crippen LogP contribution in [0.2, 0.25) is 0 Å².